The number of nitrogens with zero attached hydrogens (tertiary/aromatic N) is 1. The van der Waals surface area contributed by atoms with Gasteiger partial charge in [-0.15, -0.1) is 0 Å². The Morgan fingerprint density at radius 2 is 2.71 bits per heavy atom. The Hall–Kier alpha value is -0.443. The maximum atomic E-state index is 9.34. The molecule has 0 fully saturated rings. The van der Waals surface area contributed by atoms with Gasteiger partial charge in [-0.05, 0) is 6.92 Å². The van der Waals surface area contributed by atoms with Crippen LogP contribution in [0.25, 0.3) is 0 Å². The second kappa shape index (κ2) is 5.56. The van der Waals surface area contributed by atoms with E-state index in [1.165, 1.54) is 6.08 Å². The van der Waals surface area contributed by atoms with Gasteiger partial charge in [0.25, 0.3) is 0 Å². The predicted molar refractivity (Wildman–Crippen MR) is 28.3 cm³/mol. The van der Waals surface area contributed by atoms with Gasteiger partial charge in [0.1, 0.15) is 0 Å². The Labute approximate surface area is 44.4 Å². The van der Waals surface area contributed by atoms with Crippen molar-refractivity contribution in [2.45, 2.75) is 6.92 Å². The molecule has 0 bridgehead atoms. The summed E-state index contributed by atoms with van der Waals surface area (Å²) >= 11 is 0. The summed E-state index contributed by atoms with van der Waals surface area (Å²) in [6.45, 7) is 2.52. The highest BCUT2D eigenvalue weighted by molar-refractivity contribution is 6.26. The Kier molecular flexibility index (Phi) is 5.21. The number of carbonyl (C=O) groups excluding carboxylic acids is 1. The van der Waals surface area contributed by atoms with Crippen LogP contribution in [0.15, 0.2) is 4.66 Å². The summed E-state index contributed by atoms with van der Waals surface area (Å²) in [4.78, 5) is 9.34. The predicted octanol–water partition coefficient (Wildman–Crippen LogP) is -0.642. The summed E-state index contributed by atoms with van der Waals surface area (Å²) < 4.78 is 8.06. The molecule has 7 heavy (non-hydrogen) atoms. The second-order valence-corrected chi connectivity index (χ2v) is 1.85. The highest BCUT2D eigenvalue weighted by Crippen LogP contribution is 1.65. The van der Waals surface area contributed by atoms with Crippen molar-refractivity contribution in [2.75, 3.05) is 6.61 Å². The molecule has 0 aliphatic heterocycles. The minimum atomic E-state index is -0.887. The highest BCUT2D eigenvalue weighted by Gasteiger charge is 1.74. The lowest BCUT2D eigenvalue weighted by molar-refractivity contribution is 0.361. The van der Waals surface area contributed by atoms with E-state index in [-0.39, 0.29) is 0 Å². The summed E-state index contributed by atoms with van der Waals surface area (Å²) in [5.74, 6) is 0. The quantitative estimate of drug-likeness (QED) is 0.213. The summed E-state index contributed by atoms with van der Waals surface area (Å²) in [5, 5.41) is 0. The van der Waals surface area contributed by atoms with Crippen molar-refractivity contribution in [3.8, 4) is 0 Å². The van der Waals surface area contributed by atoms with E-state index in [1.54, 1.807) is 0 Å². The molecule has 0 aromatic rings. The maximum Gasteiger partial charge on any atom is 0.301 e. The number of rotatable bonds is 3. The Morgan fingerprint density at radius 1 is 2.00 bits per heavy atom. The molecule has 0 rings (SSSR count). The number of hydrogen-bond donors (Lipinski definition) is 0. The zero-order chi connectivity index (χ0) is 5.54. The minimum absolute atomic E-state index is 0.650. The fraction of sp³-hybridized carbons (Fsp3) is 0.667. The van der Waals surface area contributed by atoms with Gasteiger partial charge in [-0.3, -0.25) is 0 Å². The third kappa shape index (κ3) is 5.56. The van der Waals surface area contributed by atoms with Gasteiger partial charge < -0.3 is 4.43 Å². The van der Waals surface area contributed by atoms with Crippen molar-refractivity contribution in [2.24, 2.45) is 4.66 Å². The molecule has 0 atom stereocenters. The normalized spacial score (nSPS) is 9.29. The fourth-order valence-corrected chi connectivity index (χ4v) is 0.490. The van der Waals surface area contributed by atoms with Crippen LogP contribution in [0, 0.1) is 0 Å². The van der Waals surface area contributed by atoms with E-state index >= 15 is 0 Å². The third-order valence-corrected chi connectivity index (χ3v) is 1.27. The Morgan fingerprint density at radius 3 is 3.14 bits per heavy atom. The molecule has 0 unspecified atom stereocenters. The van der Waals surface area contributed by atoms with Crippen LogP contribution >= 0.6 is 0 Å². The van der Waals surface area contributed by atoms with E-state index in [4.69, 9.17) is 4.43 Å². The average molecular weight is 117 g/mol. The second-order valence-electron chi connectivity index (χ2n) is 0.871. The van der Waals surface area contributed by atoms with Gasteiger partial charge in [-0.2, -0.15) is 0 Å². The van der Waals surface area contributed by atoms with Gasteiger partial charge in [-0.25, -0.2) is 9.45 Å². The third-order valence-electron chi connectivity index (χ3n) is 0.425. The van der Waals surface area contributed by atoms with Gasteiger partial charge >= 0.3 is 9.92 Å². The molecule has 40 valence electrons. The lowest BCUT2D eigenvalue weighted by Gasteiger charge is -1.85. The van der Waals surface area contributed by atoms with Crippen LogP contribution in [0.4, 0.5) is 0 Å². The molecule has 0 radical (unpaired) electrons. The topological polar surface area (TPSA) is 38.7 Å². The molecule has 0 heterocycles. The lowest BCUT2D eigenvalue weighted by atomic mass is 10.9. The molecule has 0 spiro atoms. The number of hydrogen-bond acceptors (Lipinski definition) is 3. The minimum Gasteiger partial charge on any atom is -0.402 e. The molecular weight excluding hydrogens is 110 g/mol. The smallest absolute Gasteiger partial charge is 0.301 e. The summed E-state index contributed by atoms with van der Waals surface area (Å²) in [6, 6.07) is 0. The van der Waals surface area contributed by atoms with E-state index in [2.05, 4.69) is 4.66 Å². The van der Waals surface area contributed by atoms with Crippen molar-refractivity contribution < 1.29 is 9.22 Å². The van der Waals surface area contributed by atoms with Crippen LogP contribution in [-0.2, 0) is 9.22 Å². The van der Waals surface area contributed by atoms with Crippen molar-refractivity contribution in [1.29, 1.82) is 0 Å². The lowest BCUT2D eigenvalue weighted by Crippen LogP contribution is -1.92. The molecule has 0 amide bonds. The first-order chi connectivity index (χ1) is 3.41. The van der Waals surface area contributed by atoms with Gasteiger partial charge in [0.15, 0.2) is 0 Å². The van der Waals surface area contributed by atoms with Crippen LogP contribution in [0.3, 0.4) is 0 Å². The Balaban J connectivity index is 2.83. The van der Waals surface area contributed by atoms with Crippen molar-refractivity contribution in [1.82, 2.24) is 0 Å². The van der Waals surface area contributed by atoms with Gasteiger partial charge in [-0.1, -0.05) is 0 Å². The zero-order valence-corrected chi connectivity index (χ0v) is 5.59. The molecule has 0 aliphatic carbocycles. The van der Waals surface area contributed by atoms with E-state index in [0.717, 1.165) is 0 Å². The summed E-state index contributed by atoms with van der Waals surface area (Å²) in [5.41, 5.74) is 0. The van der Waals surface area contributed by atoms with Crippen LogP contribution in [0.2, 0.25) is 0 Å². The monoisotopic (exact) mass is 117 g/mol. The first-order valence-electron chi connectivity index (χ1n) is 2.03. The van der Waals surface area contributed by atoms with E-state index < -0.39 is 9.92 Å². The van der Waals surface area contributed by atoms with Crippen LogP contribution in [-0.4, -0.2) is 22.6 Å². The van der Waals surface area contributed by atoms with Crippen LogP contribution < -0.4 is 0 Å². The Bertz CT molecular complexity index is 79.0. The fourth-order valence-electron chi connectivity index (χ4n) is 0.163. The SMILES string of the molecule is CCO[SiH2]N=C=O. The summed E-state index contributed by atoms with van der Waals surface area (Å²) in [6.07, 6.45) is 1.41. The maximum absolute atomic E-state index is 9.34. The molecule has 3 nitrogen and oxygen atoms in total. The number of isocyanates is 1. The molecular formula is C3H7NO2Si. The molecule has 0 saturated carbocycles. The average Bonchev–Trinajstić information content (AvgIpc) is 1.69. The molecule has 0 aliphatic rings. The van der Waals surface area contributed by atoms with Gasteiger partial charge in [0, 0.05) is 6.61 Å². The molecule has 0 aromatic heterocycles. The van der Waals surface area contributed by atoms with Crippen LogP contribution in [0.1, 0.15) is 6.92 Å². The van der Waals surface area contributed by atoms with Crippen molar-refractivity contribution in [3.05, 3.63) is 0 Å². The van der Waals surface area contributed by atoms with E-state index in [1.807, 2.05) is 6.92 Å². The molecule has 0 N–H and O–H groups in total. The van der Waals surface area contributed by atoms with E-state index in [0.29, 0.717) is 6.61 Å². The molecule has 0 saturated heterocycles. The standard InChI is InChI=1S/C3H7NO2Si/c1-2-6-7-4-3-5/h2,7H2,1H3. The molecule has 4 heteroatoms. The van der Waals surface area contributed by atoms with Crippen molar-refractivity contribution in [3.63, 3.8) is 0 Å². The van der Waals surface area contributed by atoms with Gasteiger partial charge in [0.05, 0.1) is 0 Å². The van der Waals surface area contributed by atoms with Crippen LogP contribution in [0.5, 0.6) is 0 Å². The molecule has 0 aromatic carbocycles. The summed E-state index contributed by atoms with van der Waals surface area (Å²) in [7, 11) is -0.887. The van der Waals surface area contributed by atoms with Gasteiger partial charge in [0.2, 0.25) is 6.08 Å². The first-order valence-corrected chi connectivity index (χ1v) is 3.24. The zero-order valence-electron chi connectivity index (χ0n) is 4.18. The van der Waals surface area contributed by atoms with E-state index in [9.17, 15) is 4.79 Å². The van der Waals surface area contributed by atoms with Crippen molar-refractivity contribution >= 4 is 16.0 Å². The highest BCUT2D eigenvalue weighted by atomic mass is 28.2. The largest absolute Gasteiger partial charge is 0.402 e. The first kappa shape index (κ1) is 6.56.